The highest BCUT2D eigenvalue weighted by molar-refractivity contribution is 5.89. The van der Waals surface area contributed by atoms with Crippen molar-refractivity contribution in [1.29, 1.82) is 0 Å². The van der Waals surface area contributed by atoms with E-state index in [2.05, 4.69) is 4.98 Å². The lowest BCUT2D eigenvalue weighted by molar-refractivity contribution is -0.119. The molecular formula is C19H17N3O5. The van der Waals surface area contributed by atoms with Crippen LogP contribution in [0.15, 0.2) is 53.3 Å². The van der Waals surface area contributed by atoms with Gasteiger partial charge in [0, 0.05) is 11.8 Å². The fourth-order valence-electron chi connectivity index (χ4n) is 2.50. The number of nitrogens with zero attached hydrogens (tertiary/aromatic N) is 2. The Morgan fingerprint density at radius 2 is 1.89 bits per heavy atom. The predicted molar refractivity (Wildman–Crippen MR) is 96.4 cm³/mol. The van der Waals surface area contributed by atoms with Crippen LogP contribution in [-0.2, 0) is 16.1 Å². The molecule has 0 unspecified atom stereocenters. The number of hydrogen-bond acceptors (Lipinski definition) is 6. The number of pyridine rings is 1. The van der Waals surface area contributed by atoms with Gasteiger partial charge in [-0.25, -0.2) is 9.78 Å². The maximum Gasteiger partial charge on any atom is 0.338 e. The minimum atomic E-state index is -0.590. The first-order chi connectivity index (χ1) is 12.9. The van der Waals surface area contributed by atoms with Crippen LogP contribution in [0.3, 0.4) is 0 Å². The summed E-state index contributed by atoms with van der Waals surface area (Å²) in [6, 6.07) is 12.7. The number of carbonyl (C=O) groups is 2. The second-order valence-corrected chi connectivity index (χ2v) is 5.80. The lowest BCUT2D eigenvalue weighted by atomic mass is 10.2. The third-order valence-electron chi connectivity index (χ3n) is 3.76. The number of fused-ring (bicyclic) bond motifs is 1. The molecule has 8 heteroatoms. The molecule has 0 saturated carbocycles. The van der Waals surface area contributed by atoms with Gasteiger partial charge < -0.3 is 15.2 Å². The van der Waals surface area contributed by atoms with Crippen molar-refractivity contribution in [3.8, 4) is 5.75 Å². The van der Waals surface area contributed by atoms with Crippen molar-refractivity contribution in [3.63, 3.8) is 0 Å². The van der Waals surface area contributed by atoms with E-state index in [1.54, 1.807) is 12.1 Å². The first-order valence-corrected chi connectivity index (χ1v) is 8.10. The maximum atomic E-state index is 12.2. The van der Waals surface area contributed by atoms with E-state index in [1.807, 2.05) is 13.0 Å². The standard InChI is InChI=1S/C19H17N3O5/c1-12-3-2-4-17-21-14(9-18(24)22(12)17)10-27-19(25)13-5-7-15(8-6-13)26-11-16(20)23/h2-9H,10-11H2,1H3,(H2,20,23). The van der Waals surface area contributed by atoms with E-state index in [-0.39, 0.29) is 18.8 Å². The highest BCUT2D eigenvalue weighted by Gasteiger charge is 2.10. The number of aromatic nitrogens is 2. The summed E-state index contributed by atoms with van der Waals surface area (Å²) in [5.41, 5.74) is 6.69. The van der Waals surface area contributed by atoms with Crippen molar-refractivity contribution < 1.29 is 19.1 Å². The number of aryl methyl sites for hydroxylation is 1. The lowest BCUT2D eigenvalue weighted by Crippen LogP contribution is -2.20. The van der Waals surface area contributed by atoms with E-state index in [9.17, 15) is 14.4 Å². The molecule has 138 valence electrons. The number of rotatable bonds is 6. The molecule has 0 aliphatic heterocycles. The number of benzene rings is 1. The zero-order valence-corrected chi connectivity index (χ0v) is 14.5. The van der Waals surface area contributed by atoms with Crippen molar-refractivity contribution in [1.82, 2.24) is 9.38 Å². The average Bonchev–Trinajstić information content (AvgIpc) is 2.64. The molecule has 8 nitrogen and oxygen atoms in total. The Balaban J connectivity index is 1.68. The molecule has 3 rings (SSSR count). The van der Waals surface area contributed by atoms with Gasteiger partial charge in [0.2, 0.25) is 0 Å². The lowest BCUT2D eigenvalue weighted by Gasteiger charge is -2.08. The number of amides is 1. The molecule has 1 amide bonds. The summed E-state index contributed by atoms with van der Waals surface area (Å²) < 4.78 is 11.8. The number of hydrogen-bond donors (Lipinski definition) is 1. The molecule has 2 heterocycles. The van der Waals surface area contributed by atoms with Crippen LogP contribution >= 0.6 is 0 Å². The predicted octanol–water partition coefficient (Wildman–Crippen LogP) is 1.22. The molecule has 0 saturated heterocycles. The van der Waals surface area contributed by atoms with E-state index in [1.165, 1.54) is 34.7 Å². The van der Waals surface area contributed by atoms with Crippen LogP contribution in [0.4, 0.5) is 0 Å². The van der Waals surface area contributed by atoms with Gasteiger partial charge in [0.1, 0.15) is 18.0 Å². The van der Waals surface area contributed by atoms with E-state index in [0.29, 0.717) is 22.7 Å². The van der Waals surface area contributed by atoms with Gasteiger partial charge >= 0.3 is 5.97 Å². The average molecular weight is 367 g/mol. The Bertz CT molecular complexity index is 1060. The third-order valence-corrected chi connectivity index (χ3v) is 3.76. The molecule has 0 bridgehead atoms. The Kier molecular flexibility index (Phi) is 5.16. The largest absolute Gasteiger partial charge is 0.484 e. The summed E-state index contributed by atoms with van der Waals surface area (Å²) in [5.74, 6) is -0.750. The first-order valence-electron chi connectivity index (χ1n) is 8.10. The second kappa shape index (κ2) is 7.69. The van der Waals surface area contributed by atoms with Gasteiger partial charge in [-0.2, -0.15) is 0 Å². The summed E-state index contributed by atoms with van der Waals surface area (Å²) >= 11 is 0. The summed E-state index contributed by atoms with van der Waals surface area (Å²) in [7, 11) is 0. The molecule has 2 N–H and O–H groups in total. The van der Waals surface area contributed by atoms with Crippen LogP contribution in [0.5, 0.6) is 5.75 Å². The minimum absolute atomic E-state index is 0.127. The van der Waals surface area contributed by atoms with Crippen LogP contribution in [-0.4, -0.2) is 27.9 Å². The Labute approximate surface area is 154 Å². The topological polar surface area (TPSA) is 113 Å². The van der Waals surface area contributed by atoms with Crippen molar-refractivity contribution in [2.24, 2.45) is 5.73 Å². The first kappa shape index (κ1) is 18.1. The Morgan fingerprint density at radius 1 is 1.15 bits per heavy atom. The van der Waals surface area contributed by atoms with Gasteiger partial charge in [-0.05, 0) is 43.3 Å². The SMILES string of the molecule is Cc1cccc2nc(COC(=O)c3ccc(OCC(N)=O)cc3)cc(=O)n12. The summed E-state index contributed by atoms with van der Waals surface area (Å²) in [5, 5.41) is 0. The second-order valence-electron chi connectivity index (χ2n) is 5.80. The smallest absolute Gasteiger partial charge is 0.338 e. The van der Waals surface area contributed by atoms with E-state index >= 15 is 0 Å². The van der Waals surface area contributed by atoms with Gasteiger partial charge in [0.15, 0.2) is 6.61 Å². The molecule has 3 aromatic rings. The van der Waals surface area contributed by atoms with Crippen molar-refractivity contribution in [2.45, 2.75) is 13.5 Å². The highest BCUT2D eigenvalue weighted by Crippen LogP contribution is 2.13. The number of nitrogens with two attached hydrogens (primary N) is 1. The molecule has 0 spiro atoms. The van der Waals surface area contributed by atoms with Gasteiger partial charge in [-0.3, -0.25) is 14.0 Å². The van der Waals surface area contributed by atoms with Crippen LogP contribution in [0.1, 0.15) is 21.7 Å². The molecule has 2 aromatic heterocycles. The number of esters is 1. The van der Waals surface area contributed by atoms with Crippen LogP contribution in [0.2, 0.25) is 0 Å². The minimum Gasteiger partial charge on any atom is -0.484 e. The molecule has 0 atom stereocenters. The van der Waals surface area contributed by atoms with Gasteiger partial charge in [0.25, 0.3) is 11.5 Å². The zero-order chi connectivity index (χ0) is 19.4. The van der Waals surface area contributed by atoms with E-state index < -0.39 is 11.9 Å². The summed E-state index contributed by atoms with van der Waals surface area (Å²) in [4.78, 5) is 39.4. The third kappa shape index (κ3) is 4.30. The van der Waals surface area contributed by atoms with Gasteiger partial charge in [-0.15, -0.1) is 0 Å². The van der Waals surface area contributed by atoms with Crippen LogP contribution < -0.4 is 16.0 Å². The van der Waals surface area contributed by atoms with Crippen molar-refractivity contribution >= 4 is 17.5 Å². The highest BCUT2D eigenvalue weighted by atomic mass is 16.5. The molecule has 0 fully saturated rings. The number of primary amides is 1. The quantitative estimate of drug-likeness (QED) is 0.656. The van der Waals surface area contributed by atoms with Crippen LogP contribution in [0, 0.1) is 6.92 Å². The van der Waals surface area contributed by atoms with E-state index in [0.717, 1.165) is 5.69 Å². The Hall–Kier alpha value is -3.68. The van der Waals surface area contributed by atoms with Crippen molar-refractivity contribution in [2.75, 3.05) is 6.61 Å². The van der Waals surface area contributed by atoms with Gasteiger partial charge in [-0.1, -0.05) is 6.07 Å². The number of ether oxygens (including phenoxy) is 2. The molecule has 0 radical (unpaired) electrons. The normalized spacial score (nSPS) is 10.6. The molecule has 0 aliphatic rings. The Morgan fingerprint density at radius 3 is 2.59 bits per heavy atom. The van der Waals surface area contributed by atoms with E-state index in [4.69, 9.17) is 15.2 Å². The fourth-order valence-corrected chi connectivity index (χ4v) is 2.50. The molecule has 27 heavy (non-hydrogen) atoms. The number of carbonyl (C=O) groups excluding carboxylic acids is 2. The summed E-state index contributed by atoms with van der Waals surface area (Å²) in [6.45, 7) is 1.44. The molecule has 1 aromatic carbocycles. The van der Waals surface area contributed by atoms with Gasteiger partial charge in [0.05, 0.1) is 11.3 Å². The molecule has 0 aliphatic carbocycles. The molecular weight excluding hydrogens is 350 g/mol. The monoisotopic (exact) mass is 367 g/mol. The maximum absolute atomic E-state index is 12.2. The van der Waals surface area contributed by atoms with Crippen molar-refractivity contribution in [3.05, 3.63) is 75.8 Å². The summed E-state index contributed by atoms with van der Waals surface area (Å²) in [6.07, 6.45) is 0. The van der Waals surface area contributed by atoms with Crippen LogP contribution in [0.25, 0.3) is 5.65 Å². The zero-order valence-electron chi connectivity index (χ0n) is 14.5. The fraction of sp³-hybridized carbons (Fsp3) is 0.158.